The van der Waals surface area contributed by atoms with Gasteiger partial charge in [-0.2, -0.15) is 0 Å². The maximum Gasteiger partial charge on any atom is 0.313 e. The molecule has 27 heavy (non-hydrogen) atoms. The number of hydrogen-bond acceptors (Lipinski definition) is 3. The van der Waals surface area contributed by atoms with Gasteiger partial charge < -0.3 is 10.2 Å². The van der Waals surface area contributed by atoms with Crippen molar-refractivity contribution in [3.8, 4) is 0 Å². The van der Waals surface area contributed by atoms with E-state index in [1.807, 2.05) is 18.2 Å². The van der Waals surface area contributed by atoms with Gasteiger partial charge in [-0.05, 0) is 29.8 Å². The zero-order valence-corrected chi connectivity index (χ0v) is 15.7. The first-order valence-electron chi connectivity index (χ1n) is 8.91. The number of hydrogen-bond donors (Lipinski definition) is 1. The van der Waals surface area contributed by atoms with Crippen LogP contribution in [-0.2, 0) is 9.59 Å². The van der Waals surface area contributed by atoms with Crippen LogP contribution in [0.4, 0.5) is 5.69 Å². The van der Waals surface area contributed by atoms with Crippen LogP contribution in [0.25, 0.3) is 6.08 Å². The Hall–Kier alpha value is -2.63. The molecule has 140 valence electrons. The Kier molecular flexibility index (Phi) is 6.63. The number of rotatable bonds is 4. The summed E-state index contributed by atoms with van der Waals surface area (Å²) in [5.74, 6) is -1.11. The molecule has 0 spiro atoms. The monoisotopic (exact) mass is 383 g/mol. The topological polar surface area (TPSA) is 52.7 Å². The number of nitrogens with zero attached hydrogens (tertiary/aromatic N) is 2. The summed E-state index contributed by atoms with van der Waals surface area (Å²) >= 11 is 5.82. The van der Waals surface area contributed by atoms with E-state index in [1.165, 1.54) is 5.56 Å². The lowest BCUT2D eigenvalue weighted by atomic mass is 10.2. The zero-order valence-electron chi connectivity index (χ0n) is 15.0. The second kappa shape index (κ2) is 9.35. The van der Waals surface area contributed by atoms with E-state index < -0.39 is 11.8 Å². The number of benzene rings is 2. The molecule has 0 bridgehead atoms. The first-order valence-corrected chi connectivity index (χ1v) is 9.29. The first-order chi connectivity index (χ1) is 13.1. The van der Waals surface area contributed by atoms with Crippen LogP contribution >= 0.6 is 11.6 Å². The van der Waals surface area contributed by atoms with E-state index >= 15 is 0 Å². The maximum absolute atomic E-state index is 12.3. The molecule has 0 atom stereocenters. The van der Waals surface area contributed by atoms with Crippen LogP contribution in [0.15, 0.2) is 60.7 Å². The SMILES string of the molecule is O=C(Nc1ccc(Cl)cc1)C(=O)N1CCN(C/C=C/c2ccccc2)CC1. The van der Waals surface area contributed by atoms with Gasteiger partial charge in [-0.1, -0.05) is 54.1 Å². The molecule has 1 fully saturated rings. The molecule has 2 aromatic rings. The van der Waals surface area contributed by atoms with Crippen LogP contribution in [0.2, 0.25) is 5.02 Å². The highest BCUT2D eigenvalue weighted by atomic mass is 35.5. The van der Waals surface area contributed by atoms with Gasteiger partial charge in [-0.25, -0.2) is 0 Å². The van der Waals surface area contributed by atoms with Gasteiger partial charge in [-0.15, -0.1) is 0 Å². The quantitative estimate of drug-likeness (QED) is 0.825. The fourth-order valence-electron chi connectivity index (χ4n) is 2.90. The molecule has 1 saturated heterocycles. The van der Waals surface area contributed by atoms with Gasteiger partial charge in [0.15, 0.2) is 0 Å². The lowest BCUT2D eigenvalue weighted by Gasteiger charge is -2.33. The van der Waals surface area contributed by atoms with E-state index in [0.29, 0.717) is 23.8 Å². The van der Waals surface area contributed by atoms with Crippen LogP contribution in [0.3, 0.4) is 0 Å². The number of halogens is 1. The molecule has 0 unspecified atom stereocenters. The number of anilines is 1. The molecule has 1 heterocycles. The average molecular weight is 384 g/mol. The molecule has 0 aliphatic carbocycles. The number of piperazine rings is 1. The molecular weight excluding hydrogens is 362 g/mol. The Bertz CT molecular complexity index is 798. The minimum Gasteiger partial charge on any atom is -0.332 e. The lowest BCUT2D eigenvalue weighted by Crippen LogP contribution is -2.51. The summed E-state index contributed by atoms with van der Waals surface area (Å²) in [5, 5.41) is 3.20. The van der Waals surface area contributed by atoms with Gasteiger partial charge in [0, 0.05) is 43.4 Å². The van der Waals surface area contributed by atoms with Crippen molar-refractivity contribution in [1.82, 2.24) is 9.80 Å². The van der Waals surface area contributed by atoms with E-state index in [4.69, 9.17) is 11.6 Å². The molecule has 0 radical (unpaired) electrons. The molecule has 1 N–H and O–H groups in total. The van der Waals surface area contributed by atoms with Crippen molar-refractivity contribution in [2.45, 2.75) is 0 Å². The first kappa shape index (κ1) is 19.1. The van der Waals surface area contributed by atoms with Crippen LogP contribution in [0, 0.1) is 0 Å². The summed E-state index contributed by atoms with van der Waals surface area (Å²) in [6, 6.07) is 16.8. The zero-order chi connectivity index (χ0) is 19.1. The van der Waals surface area contributed by atoms with E-state index in [2.05, 4.69) is 34.5 Å². The van der Waals surface area contributed by atoms with Crippen molar-refractivity contribution in [3.05, 3.63) is 71.3 Å². The normalized spacial score (nSPS) is 15.1. The summed E-state index contributed by atoms with van der Waals surface area (Å²) in [6.07, 6.45) is 4.22. The molecule has 6 heteroatoms. The smallest absolute Gasteiger partial charge is 0.313 e. The summed E-state index contributed by atoms with van der Waals surface area (Å²) in [7, 11) is 0. The fraction of sp³-hybridized carbons (Fsp3) is 0.238. The molecule has 0 saturated carbocycles. The number of carbonyl (C=O) groups excluding carboxylic acids is 2. The van der Waals surface area contributed by atoms with Crippen molar-refractivity contribution in [3.63, 3.8) is 0 Å². The average Bonchev–Trinajstić information content (AvgIpc) is 2.70. The summed E-state index contributed by atoms with van der Waals surface area (Å²) in [6.45, 7) is 3.42. The van der Waals surface area contributed by atoms with Crippen LogP contribution < -0.4 is 5.32 Å². The molecule has 1 aliphatic rings. The summed E-state index contributed by atoms with van der Waals surface area (Å²) < 4.78 is 0. The molecule has 3 rings (SSSR count). The molecule has 2 aromatic carbocycles. The third-order valence-corrected chi connectivity index (χ3v) is 4.68. The van der Waals surface area contributed by atoms with Gasteiger partial charge in [-0.3, -0.25) is 14.5 Å². The third kappa shape index (κ3) is 5.67. The molecular formula is C21H22ClN3O2. The second-order valence-electron chi connectivity index (χ2n) is 6.37. The van der Waals surface area contributed by atoms with Crippen molar-refractivity contribution < 1.29 is 9.59 Å². The molecule has 5 nitrogen and oxygen atoms in total. The Balaban J connectivity index is 1.44. The highest BCUT2D eigenvalue weighted by Crippen LogP contribution is 2.13. The number of nitrogens with one attached hydrogen (secondary N) is 1. The summed E-state index contributed by atoms with van der Waals surface area (Å²) in [4.78, 5) is 28.3. The van der Waals surface area contributed by atoms with Gasteiger partial charge >= 0.3 is 11.8 Å². The standard InChI is InChI=1S/C21H22ClN3O2/c22-18-8-10-19(11-9-18)23-20(26)21(27)25-15-13-24(14-16-25)12-4-7-17-5-2-1-3-6-17/h1-11H,12-16H2,(H,23,26)/b7-4+. The predicted octanol–water partition coefficient (Wildman–Crippen LogP) is 3.14. The molecule has 1 aliphatic heterocycles. The Morgan fingerprint density at radius 2 is 1.63 bits per heavy atom. The minimum atomic E-state index is -0.616. The van der Waals surface area contributed by atoms with Crippen LogP contribution in [-0.4, -0.2) is 54.3 Å². The van der Waals surface area contributed by atoms with Crippen molar-refractivity contribution in [2.75, 3.05) is 38.0 Å². The highest BCUT2D eigenvalue weighted by Gasteiger charge is 2.25. The van der Waals surface area contributed by atoms with Gasteiger partial charge in [0.2, 0.25) is 0 Å². The second-order valence-corrected chi connectivity index (χ2v) is 6.80. The van der Waals surface area contributed by atoms with Crippen molar-refractivity contribution in [1.29, 1.82) is 0 Å². The van der Waals surface area contributed by atoms with E-state index in [0.717, 1.165) is 19.6 Å². The highest BCUT2D eigenvalue weighted by molar-refractivity contribution is 6.39. The predicted molar refractivity (Wildman–Crippen MR) is 109 cm³/mol. The van der Waals surface area contributed by atoms with E-state index in [-0.39, 0.29) is 0 Å². The number of amides is 2. The lowest BCUT2D eigenvalue weighted by molar-refractivity contribution is -0.144. The largest absolute Gasteiger partial charge is 0.332 e. The Labute approximate surface area is 164 Å². The van der Waals surface area contributed by atoms with E-state index in [9.17, 15) is 9.59 Å². The fourth-order valence-corrected chi connectivity index (χ4v) is 3.02. The van der Waals surface area contributed by atoms with Gasteiger partial charge in [0.05, 0.1) is 0 Å². The van der Waals surface area contributed by atoms with E-state index in [1.54, 1.807) is 29.2 Å². The Morgan fingerprint density at radius 1 is 0.963 bits per heavy atom. The summed E-state index contributed by atoms with van der Waals surface area (Å²) in [5.41, 5.74) is 1.73. The van der Waals surface area contributed by atoms with Crippen molar-refractivity contribution in [2.24, 2.45) is 0 Å². The van der Waals surface area contributed by atoms with Gasteiger partial charge in [0.25, 0.3) is 0 Å². The van der Waals surface area contributed by atoms with Crippen LogP contribution in [0.1, 0.15) is 5.56 Å². The molecule has 0 aromatic heterocycles. The maximum atomic E-state index is 12.3. The molecule has 2 amide bonds. The van der Waals surface area contributed by atoms with Gasteiger partial charge in [0.1, 0.15) is 0 Å². The Morgan fingerprint density at radius 3 is 2.30 bits per heavy atom. The van der Waals surface area contributed by atoms with Crippen molar-refractivity contribution >= 4 is 35.2 Å². The number of carbonyl (C=O) groups is 2. The van der Waals surface area contributed by atoms with Crippen LogP contribution in [0.5, 0.6) is 0 Å². The third-order valence-electron chi connectivity index (χ3n) is 4.43. The minimum absolute atomic E-state index is 0.496.